The van der Waals surface area contributed by atoms with E-state index < -0.39 is 0 Å². The van der Waals surface area contributed by atoms with E-state index in [-0.39, 0.29) is 11.9 Å². The molecule has 6 nitrogen and oxygen atoms in total. The van der Waals surface area contributed by atoms with Crippen molar-refractivity contribution in [2.75, 3.05) is 33.2 Å². The Hall–Kier alpha value is -2.08. The Bertz CT molecular complexity index is 613. The van der Waals surface area contributed by atoms with Crippen LogP contribution in [0.2, 0.25) is 0 Å². The first kappa shape index (κ1) is 17.7. The Morgan fingerprint density at radius 1 is 1.24 bits per heavy atom. The molecule has 0 saturated carbocycles. The van der Waals surface area contributed by atoms with Gasteiger partial charge in [-0.25, -0.2) is 4.79 Å². The van der Waals surface area contributed by atoms with Crippen LogP contribution in [0.5, 0.6) is 0 Å². The fraction of sp³-hybridized carbons (Fsp3) is 0.579. The molecule has 136 valence electrons. The number of benzene rings is 1. The molecule has 1 aromatic rings. The van der Waals surface area contributed by atoms with E-state index >= 15 is 0 Å². The summed E-state index contributed by atoms with van der Waals surface area (Å²) in [5.74, 6) is 0.108. The van der Waals surface area contributed by atoms with Gasteiger partial charge in [-0.05, 0) is 43.5 Å². The number of hydrogen-bond donors (Lipinski definition) is 2. The summed E-state index contributed by atoms with van der Waals surface area (Å²) >= 11 is 0. The minimum Gasteiger partial charge on any atom is -0.343 e. The third kappa shape index (κ3) is 4.51. The van der Waals surface area contributed by atoms with Crippen molar-refractivity contribution in [1.82, 2.24) is 20.4 Å². The lowest BCUT2D eigenvalue weighted by Gasteiger charge is -2.32. The molecule has 0 aliphatic carbocycles. The Balaban J connectivity index is 1.41. The van der Waals surface area contributed by atoms with Gasteiger partial charge >= 0.3 is 6.03 Å². The van der Waals surface area contributed by atoms with Gasteiger partial charge in [-0.3, -0.25) is 4.79 Å². The molecule has 1 fully saturated rings. The van der Waals surface area contributed by atoms with Gasteiger partial charge in [0.25, 0.3) is 0 Å². The monoisotopic (exact) mass is 344 g/mol. The Labute approximate surface area is 149 Å². The van der Waals surface area contributed by atoms with E-state index in [1.54, 1.807) is 0 Å². The highest BCUT2D eigenvalue weighted by atomic mass is 16.2. The summed E-state index contributed by atoms with van der Waals surface area (Å²) in [5.41, 5.74) is 2.54. The second-order valence-corrected chi connectivity index (χ2v) is 6.91. The number of urea groups is 1. The third-order valence-electron chi connectivity index (χ3n) is 5.28. The minimum atomic E-state index is -0.0770. The van der Waals surface area contributed by atoms with Crippen LogP contribution in [-0.4, -0.2) is 61.0 Å². The summed E-state index contributed by atoms with van der Waals surface area (Å²) in [5, 5.41) is 6.21. The summed E-state index contributed by atoms with van der Waals surface area (Å²) in [6.45, 7) is 3.70. The van der Waals surface area contributed by atoms with Gasteiger partial charge < -0.3 is 20.4 Å². The largest absolute Gasteiger partial charge is 0.343 e. The molecule has 1 aromatic carbocycles. The van der Waals surface area contributed by atoms with Gasteiger partial charge in [-0.1, -0.05) is 24.3 Å². The molecule has 1 saturated heterocycles. The molecule has 2 heterocycles. The van der Waals surface area contributed by atoms with Crippen molar-refractivity contribution in [3.05, 3.63) is 35.4 Å². The number of carbonyl (C=O) groups excluding carboxylic acids is 2. The molecule has 0 radical (unpaired) electrons. The summed E-state index contributed by atoms with van der Waals surface area (Å²) in [6, 6.07) is 8.50. The summed E-state index contributed by atoms with van der Waals surface area (Å²) in [4.78, 5) is 28.3. The number of nitrogens with one attached hydrogen (secondary N) is 2. The molecule has 0 bridgehead atoms. The van der Waals surface area contributed by atoms with Crippen LogP contribution in [0.4, 0.5) is 4.79 Å². The van der Waals surface area contributed by atoms with Crippen LogP contribution < -0.4 is 10.6 Å². The zero-order valence-corrected chi connectivity index (χ0v) is 15.0. The molecule has 3 rings (SSSR count). The van der Waals surface area contributed by atoms with Crippen LogP contribution in [0.15, 0.2) is 24.3 Å². The van der Waals surface area contributed by atoms with Crippen molar-refractivity contribution in [1.29, 1.82) is 0 Å². The van der Waals surface area contributed by atoms with Crippen LogP contribution in [-0.2, 0) is 17.8 Å². The second kappa shape index (κ2) is 8.34. The van der Waals surface area contributed by atoms with Crippen molar-refractivity contribution in [2.24, 2.45) is 0 Å². The van der Waals surface area contributed by atoms with Crippen molar-refractivity contribution >= 4 is 11.9 Å². The molecule has 2 aliphatic rings. The summed E-state index contributed by atoms with van der Waals surface area (Å²) in [7, 11) is 1.88. The van der Waals surface area contributed by atoms with Crippen LogP contribution in [0.25, 0.3) is 0 Å². The zero-order chi connectivity index (χ0) is 17.6. The zero-order valence-electron chi connectivity index (χ0n) is 15.0. The van der Waals surface area contributed by atoms with Gasteiger partial charge in [0.1, 0.15) is 0 Å². The fourth-order valence-corrected chi connectivity index (χ4v) is 3.63. The number of amides is 3. The minimum absolute atomic E-state index is 0.0770. The van der Waals surface area contributed by atoms with E-state index in [0.29, 0.717) is 25.6 Å². The third-order valence-corrected chi connectivity index (χ3v) is 5.28. The molecule has 2 aliphatic heterocycles. The first-order valence-electron chi connectivity index (χ1n) is 9.21. The summed E-state index contributed by atoms with van der Waals surface area (Å²) < 4.78 is 0. The fourth-order valence-electron chi connectivity index (χ4n) is 3.63. The van der Waals surface area contributed by atoms with Crippen LogP contribution in [0.3, 0.4) is 0 Å². The number of carbonyl (C=O) groups is 2. The molecule has 0 unspecified atom stereocenters. The molecule has 0 spiro atoms. The summed E-state index contributed by atoms with van der Waals surface area (Å²) in [6.07, 6.45) is 3.25. The maximum absolute atomic E-state index is 12.3. The van der Waals surface area contributed by atoms with Crippen molar-refractivity contribution in [2.45, 2.75) is 38.3 Å². The number of fused-ring (bicyclic) bond motifs is 1. The SMILES string of the molecule is CN(C(=O)CCNC(=O)N1CCc2ccccc2C1)C1CCNCC1. The highest BCUT2D eigenvalue weighted by molar-refractivity contribution is 5.78. The number of hydrogen-bond acceptors (Lipinski definition) is 3. The molecule has 3 amide bonds. The van der Waals surface area contributed by atoms with E-state index in [0.717, 1.165) is 38.9 Å². The maximum atomic E-state index is 12.3. The van der Waals surface area contributed by atoms with E-state index in [4.69, 9.17) is 0 Å². The average Bonchev–Trinajstić information content (AvgIpc) is 2.67. The van der Waals surface area contributed by atoms with E-state index in [1.807, 2.05) is 29.0 Å². The average molecular weight is 344 g/mol. The lowest BCUT2D eigenvalue weighted by Crippen LogP contribution is -2.46. The Morgan fingerprint density at radius 3 is 2.72 bits per heavy atom. The highest BCUT2D eigenvalue weighted by Crippen LogP contribution is 2.18. The van der Waals surface area contributed by atoms with Crippen LogP contribution in [0.1, 0.15) is 30.4 Å². The lowest BCUT2D eigenvalue weighted by atomic mass is 10.0. The molecule has 0 atom stereocenters. The standard InChI is InChI=1S/C19H28N4O2/c1-22(17-6-10-20-11-7-17)18(24)8-12-21-19(25)23-13-9-15-4-2-3-5-16(15)14-23/h2-5,17,20H,6-14H2,1H3,(H,21,25). The predicted octanol–water partition coefficient (Wildman–Crippen LogP) is 1.35. The molecule has 0 aromatic heterocycles. The van der Waals surface area contributed by atoms with Gasteiger partial charge in [0.15, 0.2) is 0 Å². The van der Waals surface area contributed by atoms with Gasteiger partial charge in [0.2, 0.25) is 5.91 Å². The number of rotatable bonds is 4. The molecular formula is C19H28N4O2. The van der Waals surface area contributed by atoms with Crippen molar-refractivity contribution < 1.29 is 9.59 Å². The van der Waals surface area contributed by atoms with E-state index in [2.05, 4.69) is 22.8 Å². The van der Waals surface area contributed by atoms with Crippen LogP contribution >= 0.6 is 0 Å². The molecule has 2 N–H and O–H groups in total. The molecule has 6 heteroatoms. The van der Waals surface area contributed by atoms with Gasteiger partial charge in [-0.15, -0.1) is 0 Å². The Kier molecular flexibility index (Phi) is 5.91. The van der Waals surface area contributed by atoms with Gasteiger partial charge in [0, 0.05) is 39.1 Å². The lowest BCUT2D eigenvalue weighted by molar-refractivity contribution is -0.132. The number of nitrogens with zero attached hydrogens (tertiary/aromatic N) is 2. The van der Waals surface area contributed by atoms with E-state index in [9.17, 15) is 9.59 Å². The van der Waals surface area contributed by atoms with Gasteiger partial charge in [-0.2, -0.15) is 0 Å². The van der Waals surface area contributed by atoms with Crippen molar-refractivity contribution in [3.63, 3.8) is 0 Å². The van der Waals surface area contributed by atoms with E-state index in [1.165, 1.54) is 11.1 Å². The number of piperidine rings is 1. The maximum Gasteiger partial charge on any atom is 0.317 e. The Morgan fingerprint density at radius 2 is 1.96 bits per heavy atom. The smallest absolute Gasteiger partial charge is 0.317 e. The first-order chi connectivity index (χ1) is 12.1. The normalized spacial score (nSPS) is 17.7. The topological polar surface area (TPSA) is 64.7 Å². The second-order valence-electron chi connectivity index (χ2n) is 6.91. The quantitative estimate of drug-likeness (QED) is 0.867. The predicted molar refractivity (Wildman–Crippen MR) is 97.2 cm³/mol. The highest BCUT2D eigenvalue weighted by Gasteiger charge is 2.23. The first-order valence-corrected chi connectivity index (χ1v) is 9.21. The van der Waals surface area contributed by atoms with Gasteiger partial charge in [0.05, 0.1) is 0 Å². The van der Waals surface area contributed by atoms with Crippen molar-refractivity contribution in [3.8, 4) is 0 Å². The molecule has 25 heavy (non-hydrogen) atoms. The van der Waals surface area contributed by atoms with Crippen LogP contribution in [0, 0.1) is 0 Å². The molecular weight excluding hydrogens is 316 g/mol.